The molecule has 0 fully saturated rings. The first-order valence-corrected chi connectivity index (χ1v) is 7.48. The van der Waals surface area contributed by atoms with Gasteiger partial charge >= 0.3 is 0 Å². The Labute approximate surface area is 125 Å². The van der Waals surface area contributed by atoms with Crippen LogP contribution in [0.4, 0.5) is 5.69 Å². The van der Waals surface area contributed by atoms with Crippen molar-refractivity contribution in [3.63, 3.8) is 0 Å². The summed E-state index contributed by atoms with van der Waals surface area (Å²) in [6.07, 6.45) is 1.45. The van der Waals surface area contributed by atoms with Crippen LogP contribution in [0, 0.1) is 0 Å². The fourth-order valence-corrected chi connectivity index (χ4v) is 2.94. The van der Waals surface area contributed by atoms with Gasteiger partial charge in [0.2, 0.25) is 0 Å². The number of hydrogen-bond donors (Lipinski definition) is 2. The highest BCUT2D eigenvalue weighted by Crippen LogP contribution is 2.33. The summed E-state index contributed by atoms with van der Waals surface area (Å²) < 4.78 is 0. The van der Waals surface area contributed by atoms with Crippen molar-refractivity contribution < 1.29 is 10.2 Å². The first-order valence-electron chi connectivity index (χ1n) is 7.48. The van der Waals surface area contributed by atoms with Gasteiger partial charge in [0, 0.05) is 24.3 Å². The predicted octanol–water partition coefficient (Wildman–Crippen LogP) is 3.01. The largest absolute Gasteiger partial charge is 0.392 e. The Bertz CT molecular complexity index is 594. The minimum absolute atomic E-state index is 0.0824. The normalized spacial score (nSPS) is 18.2. The van der Waals surface area contributed by atoms with Crippen molar-refractivity contribution in [1.82, 2.24) is 0 Å². The summed E-state index contributed by atoms with van der Waals surface area (Å²) in [5.41, 5.74) is 4.32. The maximum absolute atomic E-state index is 10.2. The van der Waals surface area contributed by atoms with Gasteiger partial charge in [-0.15, -0.1) is 0 Å². The number of aliphatic hydroxyl groups excluding tert-OH is 2. The Morgan fingerprint density at radius 1 is 1.00 bits per heavy atom. The molecule has 1 heterocycles. The zero-order valence-electron chi connectivity index (χ0n) is 12.1. The van der Waals surface area contributed by atoms with E-state index in [1.165, 1.54) is 5.56 Å². The van der Waals surface area contributed by atoms with Crippen molar-refractivity contribution >= 4 is 5.69 Å². The Hall–Kier alpha value is -1.84. The summed E-state index contributed by atoms with van der Waals surface area (Å²) in [7, 11) is 0. The van der Waals surface area contributed by atoms with E-state index in [1.807, 2.05) is 30.3 Å². The lowest BCUT2D eigenvalue weighted by atomic mass is 10.0. The summed E-state index contributed by atoms with van der Waals surface area (Å²) in [6.45, 7) is 1.87. The van der Waals surface area contributed by atoms with Crippen LogP contribution in [0.1, 0.15) is 35.6 Å². The quantitative estimate of drug-likeness (QED) is 0.910. The molecule has 0 radical (unpaired) electrons. The number of aliphatic hydroxyl groups is 2. The number of nitrogens with zero attached hydrogens (tertiary/aromatic N) is 1. The molecule has 0 spiro atoms. The Kier molecular flexibility index (Phi) is 4.23. The van der Waals surface area contributed by atoms with Crippen LogP contribution in [0.2, 0.25) is 0 Å². The average Bonchev–Trinajstić information content (AvgIpc) is 2.69. The second kappa shape index (κ2) is 6.29. The van der Waals surface area contributed by atoms with Gasteiger partial charge in [-0.1, -0.05) is 42.5 Å². The molecule has 1 aliphatic heterocycles. The molecule has 2 aromatic rings. The lowest BCUT2D eigenvalue weighted by molar-refractivity contribution is 0.168. The Morgan fingerprint density at radius 3 is 2.48 bits per heavy atom. The molecule has 2 N–H and O–H groups in total. The Morgan fingerprint density at radius 2 is 1.71 bits per heavy atom. The van der Waals surface area contributed by atoms with Crippen molar-refractivity contribution in [1.29, 1.82) is 0 Å². The molecule has 3 rings (SSSR count). The van der Waals surface area contributed by atoms with Crippen LogP contribution in [-0.4, -0.2) is 16.8 Å². The smallest absolute Gasteiger partial charge is 0.0810 e. The molecule has 0 saturated carbocycles. The van der Waals surface area contributed by atoms with E-state index < -0.39 is 0 Å². The van der Waals surface area contributed by atoms with E-state index in [-0.39, 0.29) is 12.7 Å². The molecule has 0 aromatic heterocycles. The van der Waals surface area contributed by atoms with Gasteiger partial charge in [-0.2, -0.15) is 0 Å². The zero-order valence-corrected chi connectivity index (χ0v) is 12.1. The lowest BCUT2D eigenvalue weighted by Crippen LogP contribution is -2.23. The van der Waals surface area contributed by atoms with Gasteiger partial charge in [0.25, 0.3) is 0 Å². The van der Waals surface area contributed by atoms with Gasteiger partial charge < -0.3 is 15.1 Å². The molecule has 21 heavy (non-hydrogen) atoms. The molecular formula is C18H21NO2. The molecule has 3 heteroatoms. The molecule has 0 aliphatic carbocycles. The van der Waals surface area contributed by atoms with E-state index in [2.05, 4.69) is 23.1 Å². The zero-order chi connectivity index (χ0) is 14.7. The first kappa shape index (κ1) is 14.1. The van der Waals surface area contributed by atoms with Crippen molar-refractivity contribution in [2.24, 2.45) is 0 Å². The van der Waals surface area contributed by atoms with Gasteiger partial charge in [0.1, 0.15) is 0 Å². The predicted molar refractivity (Wildman–Crippen MR) is 84.1 cm³/mol. The number of anilines is 1. The number of benzene rings is 2. The molecule has 3 nitrogen and oxygen atoms in total. The third-order valence-corrected chi connectivity index (χ3v) is 4.12. The van der Waals surface area contributed by atoms with Crippen molar-refractivity contribution in [2.45, 2.75) is 32.1 Å². The molecule has 0 bridgehead atoms. The number of rotatable bonds is 3. The second-order valence-electron chi connectivity index (χ2n) is 5.61. The minimum Gasteiger partial charge on any atom is -0.392 e. The Balaban J connectivity index is 1.85. The van der Waals surface area contributed by atoms with Crippen molar-refractivity contribution in [3.8, 4) is 0 Å². The van der Waals surface area contributed by atoms with E-state index in [4.69, 9.17) is 5.11 Å². The molecule has 1 unspecified atom stereocenters. The highest BCUT2D eigenvalue weighted by molar-refractivity contribution is 5.55. The molecule has 110 valence electrons. The molecule has 0 amide bonds. The maximum atomic E-state index is 10.2. The monoisotopic (exact) mass is 283 g/mol. The van der Waals surface area contributed by atoms with Gasteiger partial charge in [-0.3, -0.25) is 0 Å². The van der Waals surface area contributed by atoms with Gasteiger partial charge in [-0.05, 0) is 30.0 Å². The van der Waals surface area contributed by atoms with Crippen molar-refractivity contribution in [3.05, 3.63) is 65.2 Å². The molecule has 1 atom stereocenters. The fraction of sp³-hybridized carbons (Fsp3) is 0.333. The second-order valence-corrected chi connectivity index (χ2v) is 5.61. The third kappa shape index (κ3) is 3.09. The van der Waals surface area contributed by atoms with Crippen LogP contribution in [0.5, 0.6) is 0 Å². The summed E-state index contributed by atoms with van der Waals surface area (Å²) in [5, 5.41) is 19.3. The SMILES string of the molecule is OCc1ccc(CN2CCCC(O)c3ccccc32)cc1. The molecular weight excluding hydrogens is 262 g/mol. The number of fused-ring (bicyclic) bond motifs is 1. The van der Waals surface area contributed by atoms with E-state index in [0.717, 1.165) is 42.7 Å². The van der Waals surface area contributed by atoms with Gasteiger partial charge in [-0.25, -0.2) is 0 Å². The lowest BCUT2D eigenvalue weighted by Gasteiger charge is -2.25. The van der Waals surface area contributed by atoms with Crippen LogP contribution < -0.4 is 4.90 Å². The summed E-state index contributed by atoms with van der Waals surface area (Å²) in [6, 6.07) is 16.2. The average molecular weight is 283 g/mol. The third-order valence-electron chi connectivity index (χ3n) is 4.12. The van der Waals surface area contributed by atoms with Gasteiger partial charge in [0.05, 0.1) is 12.7 Å². The topological polar surface area (TPSA) is 43.7 Å². The van der Waals surface area contributed by atoms with Crippen LogP contribution in [0.25, 0.3) is 0 Å². The number of para-hydroxylation sites is 1. The standard InChI is InChI=1S/C18H21NO2/c20-13-15-9-7-14(8-10-15)12-19-11-3-6-18(21)16-4-1-2-5-17(16)19/h1-2,4-5,7-10,18,20-21H,3,6,11-13H2. The van der Waals surface area contributed by atoms with E-state index in [1.54, 1.807) is 0 Å². The maximum Gasteiger partial charge on any atom is 0.0810 e. The first-order chi connectivity index (χ1) is 10.3. The summed E-state index contributed by atoms with van der Waals surface area (Å²) >= 11 is 0. The highest BCUT2D eigenvalue weighted by atomic mass is 16.3. The van der Waals surface area contributed by atoms with E-state index >= 15 is 0 Å². The highest BCUT2D eigenvalue weighted by Gasteiger charge is 2.20. The van der Waals surface area contributed by atoms with E-state index in [0.29, 0.717) is 0 Å². The van der Waals surface area contributed by atoms with Crippen LogP contribution in [-0.2, 0) is 13.2 Å². The van der Waals surface area contributed by atoms with E-state index in [9.17, 15) is 5.11 Å². The summed E-state index contributed by atoms with van der Waals surface area (Å²) in [4.78, 5) is 2.33. The fourth-order valence-electron chi connectivity index (χ4n) is 2.94. The van der Waals surface area contributed by atoms with Crippen LogP contribution in [0.3, 0.4) is 0 Å². The molecule has 2 aromatic carbocycles. The van der Waals surface area contributed by atoms with Gasteiger partial charge in [0.15, 0.2) is 0 Å². The van der Waals surface area contributed by atoms with Crippen LogP contribution in [0.15, 0.2) is 48.5 Å². The van der Waals surface area contributed by atoms with Crippen LogP contribution >= 0.6 is 0 Å². The van der Waals surface area contributed by atoms with Crippen molar-refractivity contribution in [2.75, 3.05) is 11.4 Å². The molecule has 0 saturated heterocycles. The molecule has 1 aliphatic rings. The minimum atomic E-state index is -0.358. The summed E-state index contributed by atoms with van der Waals surface area (Å²) in [5.74, 6) is 0. The number of hydrogen-bond acceptors (Lipinski definition) is 3.